The van der Waals surface area contributed by atoms with Gasteiger partial charge in [-0.05, 0) is 29.5 Å². The van der Waals surface area contributed by atoms with Crippen molar-refractivity contribution in [2.75, 3.05) is 11.6 Å². The molecule has 0 aliphatic heterocycles. The highest BCUT2D eigenvalue weighted by atomic mass is 35.5. The van der Waals surface area contributed by atoms with Gasteiger partial charge in [0.05, 0.1) is 0 Å². The fourth-order valence-electron chi connectivity index (χ4n) is 1.51. The van der Waals surface area contributed by atoms with Gasteiger partial charge in [0, 0.05) is 23.2 Å². The fraction of sp³-hybridized carbons (Fsp3) is 0.308. The number of rotatable bonds is 4. The Balaban J connectivity index is 2.30. The molecule has 2 nitrogen and oxygen atoms in total. The van der Waals surface area contributed by atoms with Gasteiger partial charge in [-0.25, -0.2) is 4.98 Å². The number of halogens is 1. The highest BCUT2D eigenvalue weighted by Crippen LogP contribution is 2.29. The number of phenols is 1. The van der Waals surface area contributed by atoms with E-state index in [9.17, 15) is 5.11 Å². The molecule has 1 aromatic carbocycles. The molecule has 2 aromatic rings. The highest BCUT2D eigenvalue weighted by molar-refractivity contribution is 7.99. The van der Waals surface area contributed by atoms with Crippen LogP contribution < -0.4 is 0 Å². The number of aromatic nitrogens is 1. The van der Waals surface area contributed by atoms with E-state index in [0.717, 1.165) is 21.6 Å². The maximum absolute atomic E-state index is 9.52. The summed E-state index contributed by atoms with van der Waals surface area (Å²) in [5.41, 5.74) is 0. The van der Waals surface area contributed by atoms with Gasteiger partial charge in [0.15, 0.2) is 0 Å². The summed E-state index contributed by atoms with van der Waals surface area (Å²) in [6, 6.07) is 7.30. The van der Waals surface area contributed by atoms with Crippen LogP contribution in [0.2, 0.25) is 0 Å². The number of alkyl halides is 1. The molecule has 17 heavy (non-hydrogen) atoms. The second-order valence-corrected chi connectivity index (χ2v) is 5.41. The molecule has 0 spiro atoms. The van der Waals surface area contributed by atoms with Gasteiger partial charge in [-0.2, -0.15) is 0 Å². The average molecular weight is 268 g/mol. The number of hydrogen-bond acceptors (Lipinski definition) is 3. The molecule has 4 heteroatoms. The van der Waals surface area contributed by atoms with Gasteiger partial charge in [-0.3, -0.25) is 0 Å². The second kappa shape index (κ2) is 5.61. The van der Waals surface area contributed by atoms with Crippen molar-refractivity contribution in [1.29, 1.82) is 0 Å². The van der Waals surface area contributed by atoms with Gasteiger partial charge in [0.25, 0.3) is 0 Å². The van der Waals surface area contributed by atoms with Crippen molar-refractivity contribution in [1.82, 2.24) is 4.98 Å². The molecule has 0 amide bonds. The third-order valence-corrected chi connectivity index (χ3v) is 4.34. The Bertz CT molecular complexity index is 518. The van der Waals surface area contributed by atoms with Crippen LogP contribution in [-0.4, -0.2) is 21.7 Å². The van der Waals surface area contributed by atoms with Crippen LogP contribution >= 0.6 is 23.4 Å². The van der Waals surface area contributed by atoms with Crippen LogP contribution in [0.3, 0.4) is 0 Å². The Morgan fingerprint density at radius 3 is 3.00 bits per heavy atom. The van der Waals surface area contributed by atoms with Gasteiger partial charge in [-0.15, -0.1) is 23.4 Å². The van der Waals surface area contributed by atoms with E-state index in [1.807, 2.05) is 12.1 Å². The first kappa shape index (κ1) is 12.5. The number of hydrogen-bond donors (Lipinski definition) is 1. The van der Waals surface area contributed by atoms with E-state index in [0.29, 0.717) is 11.8 Å². The predicted octanol–water partition coefficient (Wildman–Crippen LogP) is 3.91. The predicted molar refractivity (Wildman–Crippen MR) is 74.0 cm³/mol. The van der Waals surface area contributed by atoms with Crippen molar-refractivity contribution in [3.05, 3.63) is 30.5 Å². The monoisotopic (exact) mass is 267 g/mol. The minimum absolute atomic E-state index is 0.276. The smallest absolute Gasteiger partial charge is 0.116 e. The molecule has 2 rings (SSSR count). The lowest BCUT2D eigenvalue weighted by molar-refractivity contribution is 0.476. The Kier molecular flexibility index (Phi) is 4.13. The average Bonchev–Trinajstić information content (AvgIpc) is 2.35. The standard InChI is InChI=1S/C13H14ClNOS/c1-9(7-14)8-17-13-12-6-11(16)3-2-10(12)4-5-15-13/h2-6,9,16H,7-8H2,1H3. The molecule has 1 N–H and O–H groups in total. The first-order chi connectivity index (χ1) is 8.20. The maximum atomic E-state index is 9.52. The second-order valence-electron chi connectivity index (χ2n) is 4.09. The van der Waals surface area contributed by atoms with Crippen LogP contribution in [0.4, 0.5) is 0 Å². The number of benzene rings is 1. The van der Waals surface area contributed by atoms with Gasteiger partial charge in [-0.1, -0.05) is 13.0 Å². The molecule has 1 atom stereocenters. The lowest BCUT2D eigenvalue weighted by atomic mass is 10.2. The molecule has 0 bridgehead atoms. The van der Waals surface area contributed by atoms with Crippen molar-refractivity contribution in [3.63, 3.8) is 0 Å². The van der Waals surface area contributed by atoms with Crippen molar-refractivity contribution in [3.8, 4) is 5.75 Å². The summed E-state index contributed by atoms with van der Waals surface area (Å²) >= 11 is 7.47. The van der Waals surface area contributed by atoms with E-state index in [1.165, 1.54) is 0 Å². The molecule has 0 radical (unpaired) electrons. The minimum Gasteiger partial charge on any atom is -0.508 e. The van der Waals surface area contributed by atoms with Crippen LogP contribution in [0.1, 0.15) is 6.92 Å². The van der Waals surface area contributed by atoms with Gasteiger partial charge >= 0.3 is 0 Å². The van der Waals surface area contributed by atoms with Crippen LogP contribution in [0.5, 0.6) is 5.75 Å². The molecule has 90 valence electrons. The highest BCUT2D eigenvalue weighted by Gasteiger charge is 2.06. The summed E-state index contributed by atoms with van der Waals surface area (Å²) in [6.07, 6.45) is 1.80. The van der Waals surface area contributed by atoms with Crippen molar-refractivity contribution in [2.45, 2.75) is 11.9 Å². The molecular formula is C13H14ClNOS. The molecule has 0 aliphatic rings. The van der Waals surface area contributed by atoms with Crippen LogP contribution in [-0.2, 0) is 0 Å². The molecule has 1 heterocycles. The van der Waals surface area contributed by atoms with E-state index >= 15 is 0 Å². The van der Waals surface area contributed by atoms with Gasteiger partial charge < -0.3 is 5.11 Å². The summed E-state index contributed by atoms with van der Waals surface area (Å²) in [6.45, 7) is 2.11. The third-order valence-electron chi connectivity index (χ3n) is 2.48. The van der Waals surface area contributed by atoms with E-state index in [4.69, 9.17) is 11.6 Å². The number of phenolic OH excluding ortho intramolecular Hbond substituents is 1. The topological polar surface area (TPSA) is 33.1 Å². The molecular weight excluding hydrogens is 254 g/mol. The number of pyridine rings is 1. The SMILES string of the molecule is CC(CCl)CSc1nccc2ccc(O)cc12. The van der Waals surface area contributed by atoms with Gasteiger partial charge in [0.2, 0.25) is 0 Å². The van der Waals surface area contributed by atoms with E-state index < -0.39 is 0 Å². The Hall–Kier alpha value is -0.930. The molecule has 0 fully saturated rings. The summed E-state index contributed by atoms with van der Waals surface area (Å²) in [7, 11) is 0. The van der Waals surface area contributed by atoms with Crippen LogP contribution in [0.25, 0.3) is 10.8 Å². The molecule has 1 aromatic heterocycles. The lowest BCUT2D eigenvalue weighted by Gasteiger charge is -2.08. The van der Waals surface area contributed by atoms with E-state index in [-0.39, 0.29) is 5.75 Å². The summed E-state index contributed by atoms with van der Waals surface area (Å²) in [5, 5.41) is 12.6. The van der Waals surface area contributed by atoms with Crippen LogP contribution in [0.15, 0.2) is 35.5 Å². The van der Waals surface area contributed by atoms with E-state index in [1.54, 1.807) is 30.1 Å². The van der Waals surface area contributed by atoms with Crippen molar-refractivity contribution >= 4 is 34.1 Å². The Labute approximate surface area is 110 Å². The largest absolute Gasteiger partial charge is 0.508 e. The quantitative estimate of drug-likeness (QED) is 0.674. The zero-order chi connectivity index (χ0) is 12.3. The minimum atomic E-state index is 0.276. The van der Waals surface area contributed by atoms with Crippen molar-refractivity contribution in [2.24, 2.45) is 5.92 Å². The number of aromatic hydroxyl groups is 1. The first-order valence-corrected chi connectivity index (χ1v) is 6.99. The zero-order valence-corrected chi connectivity index (χ0v) is 11.1. The molecule has 1 unspecified atom stereocenters. The Morgan fingerprint density at radius 1 is 1.41 bits per heavy atom. The molecule has 0 saturated heterocycles. The summed E-state index contributed by atoms with van der Waals surface area (Å²) in [5.74, 6) is 2.32. The van der Waals surface area contributed by atoms with E-state index in [2.05, 4.69) is 11.9 Å². The van der Waals surface area contributed by atoms with Crippen molar-refractivity contribution < 1.29 is 5.11 Å². The normalized spacial score (nSPS) is 12.8. The molecule has 0 saturated carbocycles. The summed E-state index contributed by atoms with van der Waals surface area (Å²) in [4.78, 5) is 4.36. The Morgan fingerprint density at radius 2 is 2.24 bits per heavy atom. The van der Waals surface area contributed by atoms with Crippen LogP contribution in [0, 0.1) is 5.92 Å². The first-order valence-electron chi connectivity index (χ1n) is 5.47. The molecule has 0 aliphatic carbocycles. The summed E-state index contributed by atoms with van der Waals surface area (Å²) < 4.78 is 0. The zero-order valence-electron chi connectivity index (χ0n) is 9.56. The van der Waals surface area contributed by atoms with Gasteiger partial charge in [0.1, 0.15) is 10.8 Å². The number of fused-ring (bicyclic) bond motifs is 1. The maximum Gasteiger partial charge on any atom is 0.116 e. The lowest BCUT2D eigenvalue weighted by Crippen LogP contribution is -1.99. The number of thioether (sulfide) groups is 1. The fourth-order valence-corrected chi connectivity index (χ4v) is 2.78. The number of nitrogens with zero attached hydrogens (tertiary/aromatic N) is 1. The third kappa shape index (κ3) is 3.05.